The van der Waals surface area contributed by atoms with Crippen LogP contribution in [0.15, 0.2) is 18.2 Å². The van der Waals surface area contributed by atoms with Crippen LogP contribution in [0, 0.1) is 23.7 Å². The number of aryl methyl sites for hydroxylation is 1. The molecule has 2 aliphatic rings. The predicted molar refractivity (Wildman–Crippen MR) is 98.3 cm³/mol. The molecule has 2 N–H and O–H groups in total. The number of amides is 1. The maximum atomic E-state index is 12.9. The van der Waals surface area contributed by atoms with E-state index in [1.165, 1.54) is 11.3 Å². The summed E-state index contributed by atoms with van der Waals surface area (Å²) in [5.41, 5.74) is 0.347. The molecule has 1 fully saturated rings. The lowest BCUT2D eigenvalue weighted by atomic mass is 9.82. The van der Waals surface area contributed by atoms with Gasteiger partial charge in [-0.05, 0) is 37.7 Å². The van der Waals surface area contributed by atoms with Gasteiger partial charge in [0.05, 0.1) is 24.0 Å². The summed E-state index contributed by atoms with van der Waals surface area (Å²) in [6.45, 7) is 4.03. The lowest BCUT2D eigenvalue weighted by molar-refractivity contribution is -0.146. The van der Waals surface area contributed by atoms with Crippen LogP contribution < -0.4 is 5.32 Å². The summed E-state index contributed by atoms with van der Waals surface area (Å²) in [5, 5.41) is 12.8. The van der Waals surface area contributed by atoms with Crippen LogP contribution in [0.25, 0.3) is 0 Å². The van der Waals surface area contributed by atoms with Crippen LogP contribution in [0.2, 0.25) is 0 Å². The number of nitrogens with one attached hydrogen (secondary N) is 1. The molecule has 140 valence electrons. The van der Waals surface area contributed by atoms with E-state index in [1.807, 2.05) is 19.1 Å². The second-order valence-corrected chi connectivity index (χ2v) is 7.89. The molecule has 0 aliphatic heterocycles. The highest BCUT2D eigenvalue weighted by molar-refractivity contribution is 7.16. The van der Waals surface area contributed by atoms with Crippen LogP contribution in [0.4, 0.5) is 5.00 Å². The number of hydrogen-bond acceptors (Lipinski definition) is 5. The molecule has 6 nitrogen and oxygen atoms in total. The maximum Gasteiger partial charge on any atom is 0.341 e. The Kier molecular flexibility index (Phi) is 5.46. The fraction of sp³-hybridized carbons (Fsp3) is 0.526. The van der Waals surface area contributed by atoms with Crippen molar-refractivity contribution in [2.45, 2.75) is 33.1 Å². The molecule has 2 bridgehead atoms. The molecule has 0 radical (unpaired) electrons. The summed E-state index contributed by atoms with van der Waals surface area (Å²) >= 11 is 1.36. The van der Waals surface area contributed by atoms with Crippen LogP contribution >= 0.6 is 11.3 Å². The van der Waals surface area contributed by atoms with Crippen molar-refractivity contribution < 1.29 is 24.2 Å². The normalized spacial score (nSPS) is 26.1. The van der Waals surface area contributed by atoms with Crippen molar-refractivity contribution in [2.24, 2.45) is 23.7 Å². The number of carbonyl (C=O) groups excluding carboxylic acids is 2. The van der Waals surface area contributed by atoms with E-state index < -0.39 is 23.8 Å². The van der Waals surface area contributed by atoms with Crippen LogP contribution in [0.3, 0.4) is 0 Å². The lowest BCUT2D eigenvalue weighted by Gasteiger charge is -2.23. The van der Waals surface area contributed by atoms with Crippen LogP contribution in [0.1, 0.15) is 41.9 Å². The third kappa shape index (κ3) is 3.40. The molecule has 0 aromatic carbocycles. The number of allylic oxidation sites excluding steroid dienone is 2. The van der Waals surface area contributed by atoms with Gasteiger partial charge in [-0.2, -0.15) is 0 Å². The molecular formula is C19H23NO5S. The summed E-state index contributed by atoms with van der Waals surface area (Å²) in [7, 11) is 0. The fourth-order valence-electron chi connectivity index (χ4n) is 3.98. The van der Waals surface area contributed by atoms with Gasteiger partial charge in [0.25, 0.3) is 0 Å². The van der Waals surface area contributed by atoms with Crippen molar-refractivity contribution in [3.63, 3.8) is 0 Å². The molecule has 1 heterocycles. The Bertz CT molecular complexity index is 753. The number of anilines is 1. The molecular weight excluding hydrogens is 354 g/mol. The number of aliphatic carboxylic acids is 1. The average molecular weight is 377 g/mol. The van der Waals surface area contributed by atoms with Gasteiger partial charge in [-0.25, -0.2) is 4.79 Å². The Morgan fingerprint density at radius 2 is 1.92 bits per heavy atom. The standard InChI is InChI=1S/C19H23NO5S/c1-3-5-12-9-13(19(24)25-4-2)17(26-12)20-16(21)14-10-6-7-11(8-10)15(14)18(22)23/h6-7,9-11,14-15H,3-5,8H2,1-2H3,(H,20,21)(H,22,23)/t10-,11-,14+,15+/m1/s1. The fourth-order valence-corrected chi connectivity index (χ4v) is 5.13. The minimum Gasteiger partial charge on any atom is -0.481 e. The molecule has 4 atom stereocenters. The third-order valence-corrected chi connectivity index (χ3v) is 6.17. The van der Waals surface area contributed by atoms with Gasteiger partial charge in [0.15, 0.2) is 0 Å². The van der Waals surface area contributed by atoms with Crippen molar-refractivity contribution in [1.82, 2.24) is 0 Å². The first-order valence-corrected chi connectivity index (χ1v) is 9.79. The Balaban J connectivity index is 1.83. The Morgan fingerprint density at radius 3 is 2.54 bits per heavy atom. The van der Waals surface area contributed by atoms with Gasteiger partial charge >= 0.3 is 11.9 Å². The van der Waals surface area contributed by atoms with Crippen molar-refractivity contribution >= 4 is 34.2 Å². The number of fused-ring (bicyclic) bond motifs is 2. The zero-order chi connectivity index (χ0) is 18.8. The Morgan fingerprint density at radius 1 is 1.23 bits per heavy atom. The van der Waals surface area contributed by atoms with E-state index in [4.69, 9.17) is 4.74 Å². The summed E-state index contributed by atoms with van der Waals surface area (Å²) in [6, 6.07) is 1.76. The van der Waals surface area contributed by atoms with Gasteiger partial charge in [0.1, 0.15) is 5.00 Å². The molecule has 0 unspecified atom stereocenters. The van der Waals surface area contributed by atoms with Crippen molar-refractivity contribution in [3.8, 4) is 0 Å². The first-order chi connectivity index (χ1) is 12.5. The highest BCUT2D eigenvalue weighted by Crippen LogP contribution is 2.48. The Hall–Kier alpha value is -2.15. The molecule has 2 aliphatic carbocycles. The summed E-state index contributed by atoms with van der Waals surface area (Å²) < 4.78 is 5.09. The first kappa shape index (κ1) is 18.6. The molecule has 0 spiro atoms. The smallest absolute Gasteiger partial charge is 0.341 e. The third-order valence-electron chi connectivity index (χ3n) is 5.06. The van der Waals surface area contributed by atoms with E-state index in [0.717, 1.165) is 17.7 Å². The number of carbonyl (C=O) groups is 3. The molecule has 1 aromatic heterocycles. The molecule has 7 heteroatoms. The largest absolute Gasteiger partial charge is 0.481 e. The van der Waals surface area contributed by atoms with Gasteiger partial charge < -0.3 is 15.2 Å². The van der Waals surface area contributed by atoms with Gasteiger partial charge in [0.2, 0.25) is 5.91 Å². The molecule has 1 amide bonds. The number of esters is 1. The summed E-state index contributed by atoms with van der Waals surface area (Å²) in [5.74, 6) is -3.18. The van der Waals surface area contributed by atoms with E-state index in [1.54, 1.807) is 13.0 Å². The maximum absolute atomic E-state index is 12.9. The van der Waals surface area contributed by atoms with Gasteiger partial charge in [-0.1, -0.05) is 25.5 Å². The van der Waals surface area contributed by atoms with E-state index in [2.05, 4.69) is 5.32 Å². The lowest BCUT2D eigenvalue weighted by Crippen LogP contribution is -2.36. The van der Waals surface area contributed by atoms with E-state index in [-0.39, 0.29) is 24.3 Å². The van der Waals surface area contributed by atoms with Gasteiger partial charge in [-0.15, -0.1) is 11.3 Å². The number of ether oxygens (including phenoxy) is 1. The number of carboxylic acids is 1. The average Bonchev–Trinajstić information content (AvgIpc) is 3.29. The SMILES string of the molecule is CCCc1cc(C(=O)OCC)c(NC(=O)[C@@H]2[C@@H](C(=O)O)[C@@H]3C=C[C@@H]2C3)s1. The minimum atomic E-state index is -0.939. The highest BCUT2D eigenvalue weighted by atomic mass is 32.1. The van der Waals surface area contributed by atoms with Crippen molar-refractivity contribution in [2.75, 3.05) is 11.9 Å². The molecule has 0 saturated heterocycles. The first-order valence-electron chi connectivity index (χ1n) is 8.98. The molecule has 3 rings (SSSR count). The van der Waals surface area contributed by atoms with Crippen LogP contribution in [0.5, 0.6) is 0 Å². The van der Waals surface area contributed by atoms with Crippen LogP contribution in [-0.2, 0) is 20.7 Å². The number of carboxylic acid groups (broad SMARTS) is 1. The van der Waals surface area contributed by atoms with Crippen molar-refractivity contribution in [1.29, 1.82) is 0 Å². The topological polar surface area (TPSA) is 92.7 Å². The zero-order valence-electron chi connectivity index (χ0n) is 14.9. The minimum absolute atomic E-state index is 0.0535. The second kappa shape index (κ2) is 7.61. The van der Waals surface area contributed by atoms with E-state index in [9.17, 15) is 19.5 Å². The van der Waals surface area contributed by atoms with Crippen LogP contribution in [-0.4, -0.2) is 29.6 Å². The summed E-state index contributed by atoms with van der Waals surface area (Å²) in [6.07, 6.45) is 6.28. The highest BCUT2D eigenvalue weighted by Gasteiger charge is 2.51. The molecule has 26 heavy (non-hydrogen) atoms. The zero-order valence-corrected chi connectivity index (χ0v) is 15.7. The van der Waals surface area contributed by atoms with Gasteiger partial charge in [0, 0.05) is 4.88 Å². The quantitative estimate of drug-likeness (QED) is 0.562. The molecule has 1 aromatic rings. The van der Waals surface area contributed by atoms with E-state index in [0.29, 0.717) is 17.0 Å². The van der Waals surface area contributed by atoms with E-state index >= 15 is 0 Å². The second-order valence-electron chi connectivity index (χ2n) is 6.75. The van der Waals surface area contributed by atoms with Gasteiger partial charge in [-0.3, -0.25) is 9.59 Å². The summed E-state index contributed by atoms with van der Waals surface area (Å²) in [4.78, 5) is 37.7. The van der Waals surface area contributed by atoms with Crippen molar-refractivity contribution in [3.05, 3.63) is 28.7 Å². The monoisotopic (exact) mass is 377 g/mol. The molecule has 1 saturated carbocycles. The number of rotatable bonds is 7. The Labute approximate surface area is 156 Å². The number of thiophene rings is 1. The number of hydrogen-bond donors (Lipinski definition) is 2. The predicted octanol–water partition coefficient (Wildman–Crippen LogP) is 3.34.